The third kappa shape index (κ3) is 5.65. The summed E-state index contributed by atoms with van der Waals surface area (Å²) in [4.78, 5) is 11.5. The van der Waals surface area contributed by atoms with E-state index in [4.69, 9.17) is 9.47 Å². The molecule has 0 bridgehead atoms. The minimum Gasteiger partial charge on any atom is -0.469 e. The van der Waals surface area contributed by atoms with Crippen molar-refractivity contribution in [3.63, 3.8) is 0 Å². The molecule has 0 aromatic carbocycles. The molecule has 1 rings (SSSR count). The van der Waals surface area contributed by atoms with Crippen molar-refractivity contribution < 1.29 is 14.3 Å². The van der Waals surface area contributed by atoms with Gasteiger partial charge in [-0.3, -0.25) is 9.80 Å². The molecule has 5 nitrogen and oxygen atoms in total. The van der Waals surface area contributed by atoms with Crippen molar-refractivity contribution in [1.29, 1.82) is 0 Å². The monoisotopic (exact) mass is 298 g/mol. The maximum absolute atomic E-state index is 11.5. The number of rotatable bonds is 8. The molecule has 0 radical (unpaired) electrons. The molecular weight excluding hydrogens is 268 g/mol. The molecule has 1 saturated heterocycles. The van der Waals surface area contributed by atoms with Gasteiger partial charge < -0.3 is 9.47 Å². The minimum atomic E-state index is -0.153. The lowest BCUT2D eigenvalue weighted by Gasteiger charge is -2.25. The molecule has 1 aliphatic rings. The van der Waals surface area contributed by atoms with Gasteiger partial charge in [-0.15, -0.1) is 0 Å². The maximum Gasteiger partial charge on any atom is 0.305 e. The molecule has 5 heteroatoms. The van der Waals surface area contributed by atoms with Crippen LogP contribution in [-0.4, -0.2) is 50.6 Å². The second-order valence-electron chi connectivity index (χ2n) is 6.26. The number of methoxy groups -OCH3 is 2. The number of ether oxygens (including phenoxy) is 2. The average Bonchev–Trinajstić information content (AvgIpc) is 2.86. The van der Waals surface area contributed by atoms with Gasteiger partial charge in [-0.25, -0.2) is 0 Å². The summed E-state index contributed by atoms with van der Waals surface area (Å²) in [6.45, 7) is 8.13. The normalized spacial score (nSPS) is 22.0. The molecule has 0 saturated carbocycles. The Hall–Kier alpha value is -1.10. The van der Waals surface area contributed by atoms with E-state index in [2.05, 4.69) is 30.9 Å². The van der Waals surface area contributed by atoms with Gasteiger partial charge in [0.2, 0.25) is 0 Å². The van der Waals surface area contributed by atoms with Gasteiger partial charge in [-0.2, -0.15) is 5.10 Å². The number of hydrogen-bond acceptors (Lipinski definition) is 5. The highest BCUT2D eigenvalue weighted by Crippen LogP contribution is 2.24. The highest BCUT2D eigenvalue weighted by Gasteiger charge is 2.25. The highest BCUT2D eigenvalue weighted by atomic mass is 16.5. The summed E-state index contributed by atoms with van der Waals surface area (Å²) < 4.78 is 10.0. The summed E-state index contributed by atoms with van der Waals surface area (Å²) in [5, 5.41) is 6.80. The molecule has 21 heavy (non-hydrogen) atoms. The minimum absolute atomic E-state index is 0.153. The zero-order chi connectivity index (χ0) is 15.8. The maximum atomic E-state index is 11.5. The quantitative estimate of drug-likeness (QED) is 0.510. The van der Waals surface area contributed by atoms with E-state index in [0.717, 1.165) is 26.0 Å². The zero-order valence-corrected chi connectivity index (χ0v) is 14.0. The van der Waals surface area contributed by atoms with Crippen LogP contribution in [0.3, 0.4) is 0 Å². The Morgan fingerprint density at radius 3 is 2.67 bits per heavy atom. The third-order valence-electron chi connectivity index (χ3n) is 4.24. The molecule has 0 unspecified atom stereocenters. The van der Waals surface area contributed by atoms with Crippen LogP contribution in [0.4, 0.5) is 0 Å². The Bertz CT molecular complexity index is 344. The molecule has 3 atom stereocenters. The van der Waals surface area contributed by atoms with Crippen molar-refractivity contribution in [3.8, 4) is 0 Å². The van der Waals surface area contributed by atoms with E-state index in [1.807, 2.05) is 6.21 Å². The summed E-state index contributed by atoms with van der Waals surface area (Å²) in [7, 11) is 3.17. The fourth-order valence-electron chi connectivity index (χ4n) is 2.96. The zero-order valence-electron chi connectivity index (χ0n) is 14.0. The molecule has 0 spiro atoms. The molecule has 0 aromatic rings. The van der Waals surface area contributed by atoms with Crippen LogP contribution in [0.15, 0.2) is 5.10 Å². The largest absolute Gasteiger partial charge is 0.469 e. The van der Waals surface area contributed by atoms with E-state index < -0.39 is 0 Å². The van der Waals surface area contributed by atoms with E-state index in [-0.39, 0.29) is 17.8 Å². The van der Waals surface area contributed by atoms with Crippen LogP contribution in [0, 0.1) is 17.8 Å². The Kier molecular flexibility index (Phi) is 7.72. The molecular formula is C16H30N2O3. The van der Waals surface area contributed by atoms with Gasteiger partial charge in [-0.1, -0.05) is 20.8 Å². The summed E-state index contributed by atoms with van der Waals surface area (Å²) in [5.41, 5.74) is 0. The van der Waals surface area contributed by atoms with Crippen LogP contribution in [0.5, 0.6) is 0 Å². The van der Waals surface area contributed by atoms with Gasteiger partial charge in [0.25, 0.3) is 0 Å². The van der Waals surface area contributed by atoms with E-state index >= 15 is 0 Å². The summed E-state index contributed by atoms with van der Waals surface area (Å²) in [5.74, 6) is 0.787. The number of carbonyl (C=O) groups excluding carboxylic acids is 1. The molecule has 1 fully saturated rings. The summed E-state index contributed by atoms with van der Waals surface area (Å²) in [6.07, 6.45) is 4.75. The lowest BCUT2D eigenvalue weighted by atomic mass is 9.83. The Labute approximate surface area is 128 Å². The summed E-state index contributed by atoms with van der Waals surface area (Å²) in [6, 6.07) is 0.384. The van der Waals surface area contributed by atoms with E-state index in [9.17, 15) is 4.79 Å². The fourth-order valence-corrected chi connectivity index (χ4v) is 2.96. The van der Waals surface area contributed by atoms with Gasteiger partial charge in [0, 0.05) is 32.2 Å². The molecule has 1 aliphatic heterocycles. The molecule has 0 aromatic heterocycles. The van der Waals surface area contributed by atoms with Crippen molar-refractivity contribution in [1.82, 2.24) is 5.01 Å². The topological polar surface area (TPSA) is 51.1 Å². The van der Waals surface area contributed by atoms with Crippen LogP contribution in [0.1, 0.15) is 40.0 Å². The van der Waals surface area contributed by atoms with Gasteiger partial charge in [0.05, 0.1) is 19.8 Å². The highest BCUT2D eigenvalue weighted by molar-refractivity contribution is 5.70. The standard InChI is InChI=1S/C16H30N2O3/c1-12(2)15(13(3)9-16(19)21-5)10-17-18-8-6-7-14(18)11-20-4/h10,12-15H,6-9,11H2,1-5H3/b17-10+/t13-,14-,15-/m0/s1. The molecule has 0 aliphatic carbocycles. The lowest BCUT2D eigenvalue weighted by Crippen LogP contribution is -2.30. The number of carbonyl (C=O) groups is 1. The average molecular weight is 298 g/mol. The first kappa shape index (κ1) is 18.0. The number of hydrazone groups is 1. The Balaban J connectivity index is 2.64. The molecule has 122 valence electrons. The number of nitrogens with zero attached hydrogens (tertiary/aromatic N) is 2. The van der Waals surface area contributed by atoms with E-state index in [1.165, 1.54) is 7.11 Å². The van der Waals surface area contributed by atoms with Crippen molar-refractivity contribution in [2.45, 2.75) is 46.1 Å². The predicted molar refractivity (Wildman–Crippen MR) is 84.2 cm³/mol. The van der Waals surface area contributed by atoms with Crippen molar-refractivity contribution >= 4 is 12.2 Å². The van der Waals surface area contributed by atoms with Gasteiger partial charge in [0.1, 0.15) is 0 Å². The molecule has 0 amide bonds. The first-order chi connectivity index (χ1) is 9.99. The number of hydrogen-bond donors (Lipinski definition) is 0. The SMILES string of the molecule is COC[C@@H]1CCCN1/N=C/[C@@H](C(C)C)[C@@H](C)CC(=O)OC. The van der Waals surface area contributed by atoms with E-state index in [1.54, 1.807) is 7.11 Å². The van der Waals surface area contributed by atoms with Gasteiger partial charge in [0.15, 0.2) is 0 Å². The van der Waals surface area contributed by atoms with Crippen LogP contribution in [0.2, 0.25) is 0 Å². The van der Waals surface area contributed by atoms with Crippen molar-refractivity contribution in [2.75, 3.05) is 27.4 Å². The second-order valence-corrected chi connectivity index (χ2v) is 6.26. The predicted octanol–water partition coefficient (Wildman–Crippen LogP) is 2.55. The fraction of sp³-hybridized carbons (Fsp3) is 0.875. The van der Waals surface area contributed by atoms with Crippen LogP contribution in [-0.2, 0) is 14.3 Å². The van der Waals surface area contributed by atoms with Crippen LogP contribution in [0.25, 0.3) is 0 Å². The van der Waals surface area contributed by atoms with Gasteiger partial charge >= 0.3 is 5.97 Å². The van der Waals surface area contributed by atoms with Crippen LogP contribution < -0.4 is 0 Å². The van der Waals surface area contributed by atoms with Gasteiger partial charge in [-0.05, 0) is 24.7 Å². The first-order valence-corrected chi connectivity index (χ1v) is 7.86. The molecule has 0 N–H and O–H groups in total. The lowest BCUT2D eigenvalue weighted by molar-refractivity contribution is -0.141. The first-order valence-electron chi connectivity index (χ1n) is 7.86. The number of esters is 1. The summed E-state index contributed by atoms with van der Waals surface area (Å²) >= 11 is 0. The van der Waals surface area contributed by atoms with Crippen LogP contribution >= 0.6 is 0 Å². The van der Waals surface area contributed by atoms with E-state index in [0.29, 0.717) is 18.4 Å². The molecule has 1 heterocycles. The van der Waals surface area contributed by atoms with Crippen molar-refractivity contribution in [2.24, 2.45) is 22.9 Å². The second kappa shape index (κ2) is 9.03. The third-order valence-corrected chi connectivity index (χ3v) is 4.24. The Morgan fingerprint density at radius 2 is 2.10 bits per heavy atom. The van der Waals surface area contributed by atoms with Crippen molar-refractivity contribution in [3.05, 3.63) is 0 Å². The smallest absolute Gasteiger partial charge is 0.305 e. The Morgan fingerprint density at radius 1 is 1.38 bits per heavy atom.